The summed E-state index contributed by atoms with van der Waals surface area (Å²) in [4.78, 5) is 0. The molecule has 0 aromatic carbocycles. The molecule has 0 saturated carbocycles. The smallest absolute Gasteiger partial charge is 0.453 e. The van der Waals surface area contributed by atoms with Gasteiger partial charge in [-0.3, -0.25) is 0 Å². The topological polar surface area (TPSA) is 80.3 Å². The SMILES string of the molecule is CO[Si](OC)(OC)O[Si][Si](=O)[Si](=O)[Si](C)(C)O[Si](C)(C)C. The van der Waals surface area contributed by atoms with E-state index >= 15 is 0 Å². The van der Waals surface area contributed by atoms with Gasteiger partial charge in [0.1, 0.15) is 0 Å². The first-order valence-electron chi connectivity index (χ1n) is 6.31. The molecule has 0 aliphatic rings. The Kier molecular flexibility index (Phi) is 8.81. The molecular formula is C8H24O7Si6. The molecule has 2 radical (unpaired) electrons. The molecule has 0 amide bonds. The van der Waals surface area contributed by atoms with Crippen molar-refractivity contribution in [3.8, 4) is 0 Å². The summed E-state index contributed by atoms with van der Waals surface area (Å²) in [7, 11) is -8.51. The zero-order chi connectivity index (χ0) is 16.9. The van der Waals surface area contributed by atoms with Crippen LogP contribution in [0.25, 0.3) is 0 Å². The maximum atomic E-state index is 12.5. The lowest BCUT2D eigenvalue weighted by Gasteiger charge is -2.29. The molecule has 0 heterocycles. The van der Waals surface area contributed by atoms with Crippen LogP contribution in [0.5, 0.6) is 0 Å². The fraction of sp³-hybridized carbons (Fsp3) is 1.00. The molecule has 0 N–H and O–H groups in total. The van der Waals surface area contributed by atoms with Crippen molar-refractivity contribution in [3.63, 3.8) is 0 Å². The summed E-state index contributed by atoms with van der Waals surface area (Å²) in [6.45, 7) is 9.81. The molecule has 13 heteroatoms. The molecule has 0 aromatic heterocycles. The van der Waals surface area contributed by atoms with Gasteiger partial charge < -0.3 is 30.4 Å². The molecule has 0 bridgehead atoms. The second kappa shape index (κ2) is 8.52. The third-order valence-corrected chi connectivity index (χ3v) is 31.0. The van der Waals surface area contributed by atoms with Gasteiger partial charge in [-0.15, -0.1) is 0 Å². The predicted molar refractivity (Wildman–Crippen MR) is 88.4 cm³/mol. The standard InChI is InChI=1S/C8H24O7Si6/c1-11-21(12-2,13-3)14-16-17(9)18(10)20(7,8)15-19(4,5)6/h1-8H3. The van der Waals surface area contributed by atoms with E-state index in [1.165, 1.54) is 21.3 Å². The van der Waals surface area contributed by atoms with Crippen molar-refractivity contribution < 1.29 is 30.4 Å². The van der Waals surface area contributed by atoms with E-state index in [-0.39, 0.29) is 0 Å². The van der Waals surface area contributed by atoms with Crippen molar-refractivity contribution in [2.45, 2.75) is 32.7 Å². The van der Waals surface area contributed by atoms with Gasteiger partial charge in [0.2, 0.25) is 7.83 Å². The Hall–Kier alpha value is 0.701. The van der Waals surface area contributed by atoms with E-state index in [1.807, 2.05) is 32.7 Å². The largest absolute Gasteiger partial charge is 0.668 e. The summed E-state index contributed by atoms with van der Waals surface area (Å²) in [5, 5.41) is 0. The van der Waals surface area contributed by atoms with Gasteiger partial charge in [-0.1, -0.05) is 0 Å². The summed E-state index contributed by atoms with van der Waals surface area (Å²) >= 11 is 0. The van der Waals surface area contributed by atoms with Gasteiger partial charge in [0.05, 0.1) is 0 Å². The Bertz CT molecular complexity index is 370. The summed E-state index contributed by atoms with van der Waals surface area (Å²) in [5.41, 5.74) is 0. The van der Waals surface area contributed by atoms with E-state index < -0.39 is 49.9 Å². The molecule has 122 valence electrons. The molecule has 0 rings (SSSR count). The minimum Gasteiger partial charge on any atom is -0.453 e. The van der Waals surface area contributed by atoms with E-state index in [0.29, 0.717) is 0 Å². The van der Waals surface area contributed by atoms with E-state index in [0.717, 1.165) is 0 Å². The van der Waals surface area contributed by atoms with Gasteiger partial charge >= 0.3 is 24.5 Å². The zero-order valence-electron chi connectivity index (χ0n) is 13.9. The molecule has 0 aliphatic heterocycles. The lowest BCUT2D eigenvalue weighted by Crippen LogP contribution is -2.57. The summed E-state index contributed by atoms with van der Waals surface area (Å²) in [6, 6.07) is 0. The van der Waals surface area contributed by atoms with Crippen LogP contribution in [0.15, 0.2) is 0 Å². The number of hydrogen-bond donors (Lipinski definition) is 0. The maximum Gasteiger partial charge on any atom is 0.668 e. The van der Waals surface area contributed by atoms with E-state index in [1.54, 1.807) is 0 Å². The van der Waals surface area contributed by atoms with E-state index in [2.05, 4.69) is 0 Å². The molecule has 0 unspecified atom stereocenters. The first-order chi connectivity index (χ1) is 9.43. The quantitative estimate of drug-likeness (QED) is 0.495. The summed E-state index contributed by atoms with van der Waals surface area (Å²) in [6.07, 6.45) is 0. The molecule has 0 aliphatic carbocycles. The van der Waals surface area contributed by atoms with Crippen molar-refractivity contribution in [1.29, 1.82) is 0 Å². The Morgan fingerprint density at radius 1 is 0.857 bits per heavy atom. The fourth-order valence-corrected chi connectivity index (χ4v) is 36.6. The van der Waals surface area contributed by atoms with Gasteiger partial charge in [-0.2, -0.15) is 0 Å². The van der Waals surface area contributed by atoms with Crippen LogP contribution < -0.4 is 0 Å². The molecule has 7 nitrogen and oxygen atoms in total. The number of hydrogen-bond acceptors (Lipinski definition) is 7. The fourth-order valence-electron chi connectivity index (χ4n) is 1.62. The Balaban J connectivity index is 4.77. The van der Waals surface area contributed by atoms with Crippen molar-refractivity contribution in [2.75, 3.05) is 21.3 Å². The Morgan fingerprint density at radius 2 is 1.29 bits per heavy atom. The first kappa shape index (κ1) is 21.7. The molecule has 0 fully saturated rings. The van der Waals surface area contributed by atoms with Crippen LogP contribution in [0.4, 0.5) is 0 Å². The van der Waals surface area contributed by atoms with Crippen molar-refractivity contribution in [3.05, 3.63) is 0 Å². The highest BCUT2D eigenvalue weighted by molar-refractivity contribution is 7.56. The van der Waals surface area contributed by atoms with Gasteiger partial charge in [-0.05, 0) is 32.7 Å². The first-order valence-corrected chi connectivity index (χ1v) is 21.0. The lowest BCUT2D eigenvalue weighted by molar-refractivity contribution is 0.0534. The lowest BCUT2D eigenvalue weighted by atomic mass is 11.8. The minimum atomic E-state index is -3.23. The van der Waals surface area contributed by atoms with Crippen LogP contribution in [-0.4, -0.2) is 71.2 Å². The molecule has 0 saturated heterocycles. The van der Waals surface area contributed by atoms with Crippen LogP contribution in [0.1, 0.15) is 0 Å². The predicted octanol–water partition coefficient (Wildman–Crippen LogP) is 0.551. The summed E-state index contributed by atoms with van der Waals surface area (Å²) in [5.74, 6) is 0. The monoisotopic (exact) mass is 400 g/mol. The second-order valence-electron chi connectivity index (χ2n) is 5.70. The van der Waals surface area contributed by atoms with Crippen molar-refractivity contribution in [1.82, 2.24) is 0 Å². The minimum absolute atomic E-state index is 0.446. The molecule has 0 spiro atoms. The van der Waals surface area contributed by atoms with E-state index in [4.69, 9.17) is 21.5 Å². The highest BCUT2D eigenvalue weighted by Crippen LogP contribution is 2.14. The summed E-state index contributed by atoms with van der Waals surface area (Å²) < 4.78 is 51.5. The van der Waals surface area contributed by atoms with E-state index in [9.17, 15) is 8.92 Å². The normalized spacial score (nSPS) is 13.3. The Labute approximate surface area is 134 Å². The van der Waals surface area contributed by atoms with Crippen LogP contribution in [0.2, 0.25) is 32.7 Å². The van der Waals surface area contributed by atoms with Crippen LogP contribution in [0, 0.1) is 0 Å². The van der Waals surface area contributed by atoms with Crippen LogP contribution >= 0.6 is 0 Å². The van der Waals surface area contributed by atoms with Crippen LogP contribution in [0.3, 0.4) is 0 Å². The third kappa shape index (κ3) is 7.20. The number of rotatable bonds is 10. The van der Waals surface area contributed by atoms with Gasteiger partial charge in [-0.25, -0.2) is 0 Å². The Morgan fingerprint density at radius 3 is 1.62 bits per heavy atom. The van der Waals surface area contributed by atoms with Gasteiger partial charge in [0, 0.05) is 21.3 Å². The highest BCUT2D eigenvalue weighted by Gasteiger charge is 2.48. The van der Waals surface area contributed by atoms with Crippen LogP contribution in [-0.2, 0) is 30.4 Å². The highest BCUT2D eigenvalue weighted by atomic mass is 29.8. The molecule has 21 heavy (non-hydrogen) atoms. The maximum absolute atomic E-state index is 12.5. The second-order valence-corrected chi connectivity index (χ2v) is 31.0. The molecular weight excluding hydrogens is 377 g/mol. The molecule has 0 aromatic rings. The average Bonchev–Trinajstić information content (AvgIpc) is 2.37. The van der Waals surface area contributed by atoms with Gasteiger partial charge in [0.25, 0.3) is 9.28 Å². The van der Waals surface area contributed by atoms with Gasteiger partial charge in [0.15, 0.2) is 8.32 Å². The average molecular weight is 401 g/mol. The van der Waals surface area contributed by atoms with Crippen molar-refractivity contribution in [2.24, 2.45) is 0 Å². The zero-order valence-corrected chi connectivity index (χ0v) is 19.9. The molecule has 0 atom stereocenters. The van der Waals surface area contributed by atoms with Crippen molar-refractivity contribution >= 4 is 49.9 Å². The third-order valence-electron chi connectivity index (χ3n) is 2.33.